The molecule has 7 nitrogen and oxygen atoms in total. The Bertz CT molecular complexity index is 612. The van der Waals surface area contributed by atoms with Crippen LogP contribution in [-0.4, -0.2) is 38.3 Å². The summed E-state index contributed by atoms with van der Waals surface area (Å²) in [4.78, 5) is 21.8. The summed E-state index contributed by atoms with van der Waals surface area (Å²) in [7, 11) is -3.00. The van der Waals surface area contributed by atoms with Gasteiger partial charge in [-0.25, -0.2) is 13.2 Å². The second-order valence-electron chi connectivity index (χ2n) is 3.44. The van der Waals surface area contributed by atoms with Gasteiger partial charge in [-0.1, -0.05) is 11.6 Å². The van der Waals surface area contributed by atoms with Crippen LogP contribution in [0.5, 0.6) is 0 Å². The minimum Gasteiger partial charge on any atom is -0.480 e. The Morgan fingerprint density at radius 3 is 2.58 bits per heavy atom. The fourth-order valence-electron chi connectivity index (χ4n) is 1.26. The average Bonchev–Trinajstić information content (AvgIpc) is 2.25. The molecule has 1 aromatic rings. The lowest BCUT2D eigenvalue weighted by atomic mass is 10.2. The van der Waals surface area contributed by atoms with Crippen molar-refractivity contribution in [1.29, 1.82) is 0 Å². The normalized spacial score (nSPS) is 10.8. The number of carbonyl (C=O) groups is 2. The van der Waals surface area contributed by atoms with Crippen LogP contribution in [0.4, 0.5) is 5.69 Å². The first kappa shape index (κ1) is 15.3. The lowest BCUT2D eigenvalue weighted by molar-refractivity contribution is -0.134. The minimum atomic E-state index is -4.13. The molecule has 0 radical (unpaired) electrons. The number of hydrogen-bond acceptors (Lipinski definition) is 5. The van der Waals surface area contributed by atoms with Crippen molar-refractivity contribution in [2.45, 2.75) is 0 Å². The van der Waals surface area contributed by atoms with Gasteiger partial charge in [0.25, 0.3) is 0 Å². The molecule has 0 aliphatic heterocycles. The first-order valence-electron chi connectivity index (χ1n) is 4.85. The highest BCUT2D eigenvalue weighted by Crippen LogP contribution is 2.23. The predicted molar refractivity (Wildman–Crippen MR) is 67.8 cm³/mol. The Balaban J connectivity index is 3.16. The molecule has 2 N–H and O–H groups in total. The average molecular weight is 308 g/mol. The van der Waals surface area contributed by atoms with E-state index in [0.29, 0.717) is 0 Å². The monoisotopic (exact) mass is 307 g/mol. The number of rotatable bonds is 5. The molecule has 0 bridgehead atoms. The van der Waals surface area contributed by atoms with Crippen LogP contribution in [0.25, 0.3) is 0 Å². The maximum atomic E-state index is 11.5. The molecule has 0 heterocycles. The van der Waals surface area contributed by atoms with Crippen LogP contribution in [0.1, 0.15) is 10.4 Å². The lowest BCUT2D eigenvalue weighted by Crippen LogP contribution is -2.23. The van der Waals surface area contributed by atoms with Crippen molar-refractivity contribution < 1.29 is 27.9 Å². The van der Waals surface area contributed by atoms with E-state index in [-0.39, 0.29) is 16.3 Å². The number of benzene rings is 1. The van der Waals surface area contributed by atoms with Crippen molar-refractivity contribution in [2.75, 3.05) is 17.6 Å². The van der Waals surface area contributed by atoms with Crippen LogP contribution >= 0.6 is 11.6 Å². The number of sulfonamides is 1. The summed E-state index contributed by atoms with van der Waals surface area (Å²) < 4.78 is 29.5. The van der Waals surface area contributed by atoms with E-state index in [1.165, 1.54) is 18.2 Å². The van der Waals surface area contributed by atoms with E-state index < -0.39 is 27.7 Å². The quantitative estimate of drug-likeness (QED) is 0.784. The zero-order chi connectivity index (χ0) is 14.6. The van der Waals surface area contributed by atoms with Crippen LogP contribution in [0.3, 0.4) is 0 Å². The predicted octanol–water partition coefficient (Wildman–Crippen LogP) is 0.953. The highest BCUT2D eigenvalue weighted by molar-refractivity contribution is 7.93. The molecular weight excluding hydrogens is 298 g/mol. The largest absolute Gasteiger partial charge is 0.480 e. The highest BCUT2D eigenvalue weighted by Gasteiger charge is 2.20. The van der Waals surface area contributed by atoms with E-state index in [9.17, 15) is 18.0 Å². The molecule has 0 amide bonds. The smallest absolute Gasteiger partial charge is 0.339 e. The Labute approximate surface area is 114 Å². The van der Waals surface area contributed by atoms with Crippen LogP contribution < -0.4 is 4.72 Å². The number of halogens is 1. The molecule has 0 fully saturated rings. The summed E-state index contributed by atoms with van der Waals surface area (Å²) in [6, 6.07) is 3.84. The number of anilines is 1. The molecule has 1 rings (SSSR count). The molecule has 0 atom stereocenters. The van der Waals surface area contributed by atoms with E-state index in [4.69, 9.17) is 16.7 Å². The van der Waals surface area contributed by atoms with Gasteiger partial charge in [0.1, 0.15) is 0 Å². The molecule has 1 aromatic carbocycles. The summed E-state index contributed by atoms with van der Waals surface area (Å²) in [5.41, 5.74) is -0.207. The van der Waals surface area contributed by atoms with Crippen molar-refractivity contribution in [3.63, 3.8) is 0 Å². The standard InChI is InChI=1S/C10H10ClNO6S/c1-18-10(15)7-3-2-6(11)4-8(7)12-19(16,17)5-9(13)14/h2-4,12H,5H2,1H3,(H,13,14). The van der Waals surface area contributed by atoms with Gasteiger partial charge in [0, 0.05) is 5.02 Å². The number of carboxylic acid groups (broad SMARTS) is 1. The summed E-state index contributed by atoms with van der Waals surface area (Å²) >= 11 is 5.70. The van der Waals surface area contributed by atoms with Gasteiger partial charge in [-0.2, -0.15) is 0 Å². The SMILES string of the molecule is COC(=O)c1ccc(Cl)cc1NS(=O)(=O)CC(=O)O. The summed E-state index contributed by atoms with van der Waals surface area (Å²) in [5, 5.41) is 8.65. The number of hydrogen-bond donors (Lipinski definition) is 2. The van der Waals surface area contributed by atoms with E-state index in [2.05, 4.69) is 4.74 Å². The highest BCUT2D eigenvalue weighted by atomic mass is 35.5. The van der Waals surface area contributed by atoms with Gasteiger partial charge in [0.2, 0.25) is 10.0 Å². The number of nitrogens with one attached hydrogen (secondary N) is 1. The molecule has 0 aromatic heterocycles. The second kappa shape index (κ2) is 5.89. The number of carboxylic acids is 1. The Morgan fingerprint density at radius 2 is 2.05 bits per heavy atom. The third kappa shape index (κ3) is 4.42. The van der Waals surface area contributed by atoms with Crippen LogP contribution in [0.15, 0.2) is 18.2 Å². The van der Waals surface area contributed by atoms with Crippen molar-refractivity contribution in [1.82, 2.24) is 0 Å². The molecule has 0 spiro atoms. The Kier molecular flexibility index (Phi) is 4.73. The van der Waals surface area contributed by atoms with Gasteiger partial charge in [-0.15, -0.1) is 0 Å². The third-order valence-corrected chi connectivity index (χ3v) is 3.36. The fourth-order valence-corrected chi connectivity index (χ4v) is 2.33. The van der Waals surface area contributed by atoms with E-state index >= 15 is 0 Å². The Morgan fingerprint density at radius 1 is 1.42 bits per heavy atom. The number of carbonyl (C=O) groups excluding carboxylic acids is 1. The zero-order valence-corrected chi connectivity index (χ0v) is 11.3. The lowest BCUT2D eigenvalue weighted by Gasteiger charge is -2.10. The van der Waals surface area contributed by atoms with E-state index in [1.54, 1.807) is 0 Å². The summed E-state index contributed by atoms with van der Waals surface area (Å²) in [6.07, 6.45) is 0. The van der Waals surface area contributed by atoms with Crippen molar-refractivity contribution in [2.24, 2.45) is 0 Å². The molecule has 0 aliphatic carbocycles. The van der Waals surface area contributed by atoms with Gasteiger partial charge in [-0.05, 0) is 18.2 Å². The molecule has 104 valence electrons. The molecular formula is C10H10ClNO6S. The first-order valence-corrected chi connectivity index (χ1v) is 6.88. The number of aliphatic carboxylic acids is 1. The van der Waals surface area contributed by atoms with Crippen molar-refractivity contribution >= 4 is 39.3 Å². The molecule has 0 aliphatic rings. The van der Waals surface area contributed by atoms with Gasteiger partial charge >= 0.3 is 11.9 Å². The molecule has 0 saturated heterocycles. The first-order chi connectivity index (χ1) is 8.75. The molecule has 0 unspecified atom stereocenters. The van der Waals surface area contributed by atoms with E-state index in [0.717, 1.165) is 7.11 Å². The summed E-state index contributed by atoms with van der Waals surface area (Å²) in [5.74, 6) is -3.42. The molecule has 9 heteroatoms. The van der Waals surface area contributed by atoms with Gasteiger partial charge in [0.05, 0.1) is 18.4 Å². The number of ether oxygens (including phenoxy) is 1. The van der Waals surface area contributed by atoms with Gasteiger partial charge in [-0.3, -0.25) is 9.52 Å². The zero-order valence-electron chi connectivity index (χ0n) is 9.71. The second-order valence-corrected chi connectivity index (χ2v) is 5.60. The molecule has 0 saturated carbocycles. The van der Waals surface area contributed by atoms with Crippen molar-refractivity contribution in [3.05, 3.63) is 28.8 Å². The maximum absolute atomic E-state index is 11.5. The van der Waals surface area contributed by atoms with Crippen LogP contribution in [0, 0.1) is 0 Å². The Hall–Kier alpha value is -1.80. The topological polar surface area (TPSA) is 110 Å². The molecule has 19 heavy (non-hydrogen) atoms. The fraction of sp³-hybridized carbons (Fsp3) is 0.200. The van der Waals surface area contributed by atoms with Gasteiger partial charge in [0.15, 0.2) is 5.75 Å². The third-order valence-electron chi connectivity index (χ3n) is 1.97. The van der Waals surface area contributed by atoms with Crippen LogP contribution in [0.2, 0.25) is 5.02 Å². The van der Waals surface area contributed by atoms with E-state index in [1.807, 2.05) is 4.72 Å². The number of esters is 1. The number of methoxy groups -OCH3 is 1. The van der Waals surface area contributed by atoms with Crippen molar-refractivity contribution in [3.8, 4) is 0 Å². The maximum Gasteiger partial charge on any atom is 0.339 e. The minimum absolute atomic E-state index is 0.0686. The van der Waals surface area contributed by atoms with Crippen LogP contribution in [-0.2, 0) is 19.6 Å². The summed E-state index contributed by atoms with van der Waals surface area (Å²) in [6.45, 7) is 0. The van der Waals surface area contributed by atoms with Gasteiger partial charge < -0.3 is 9.84 Å².